The number of rotatable bonds is 14. The Bertz CT molecular complexity index is 1700. The lowest BCUT2D eigenvalue weighted by molar-refractivity contribution is -0.140. The van der Waals surface area contributed by atoms with E-state index in [1.165, 1.54) is 17.0 Å². The molecule has 0 fully saturated rings. The van der Waals surface area contributed by atoms with E-state index in [0.717, 1.165) is 21.9 Å². The van der Waals surface area contributed by atoms with E-state index in [1.807, 2.05) is 63.2 Å². The summed E-state index contributed by atoms with van der Waals surface area (Å²) in [5, 5.41) is 3.68. The topological polar surface area (TPSA) is 86.8 Å². The molecule has 0 heterocycles. The van der Waals surface area contributed by atoms with E-state index in [9.17, 15) is 18.0 Å². The number of benzene rings is 4. The monoisotopic (exact) mass is 679 g/mol. The summed E-state index contributed by atoms with van der Waals surface area (Å²) in [5.74, 6) is -0.949. The highest BCUT2D eigenvalue weighted by Gasteiger charge is 2.35. The highest BCUT2D eigenvalue weighted by molar-refractivity contribution is 7.92. The van der Waals surface area contributed by atoms with Crippen molar-refractivity contribution in [3.63, 3.8) is 0 Å². The second-order valence-electron chi connectivity index (χ2n) is 11.1. The predicted molar refractivity (Wildman–Crippen MR) is 186 cm³/mol. The Labute approximate surface area is 282 Å². The second kappa shape index (κ2) is 16.1. The van der Waals surface area contributed by atoms with Crippen molar-refractivity contribution in [2.75, 3.05) is 10.8 Å². The summed E-state index contributed by atoms with van der Waals surface area (Å²) in [6, 6.07) is 28.3. The number of amides is 2. The average molecular weight is 681 g/mol. The Hall–Kier alpha value is -3.85. The number of nitrogens with zero attached hydrogens (tertiary/aromatic N) is 2. The Morgan fingerprint density at radius 3 is 1.93 bits per heavy atom. The lowest BCUT2D eigenvalue weighted by atomic mass is 10.0. The van der Waals surface area contributed by atoms with E-state index in [4.69, 9.17) is 23.2 Å². The minimum absolute atomic E-state index is 0.0402. The maximum atomic E-state index is 14.6. The van der Waals surface area contributed by atoms with Crippen molar-refractivity contribution in [1.29, 1.82) is 0 Å². The first-order valence-corrected chi connectivity index (χ1v) is 17.5. The molecule has 242 valence electrons. The molecule has 4 rings (SSSR count). The Morgan fingerprint density at radius 1 is 0.783 bits per heavy atom. The van der Waals surface area contributed by atoms with Crippen molar-refractivity contribution in [3.05, 3.63) is 130 Å². The first kappa shape index (κ1) is 35.0. The van der Waals surface area contributed by atoms with Crippen LogP contribution in [-0.4, -0.2) is 43.8 Å². The second-order valence-corrected chi connectivity index (χ2v) is 13.8. The van der Waals surface area contributed by atoms with Crippen molar-refractivity contribution in [2.45, 2.75) is 63.6 Å². The number of carbonyl (C=O) groups excluding carboxylic acids is 2. The van der Waals surface area contributed by atoms with Crippen LogP contribution >= 0.6 is 23.2 Å². The Kier molecular flexibility index (Phi) is 12.3. The third-order valence-corrected chi connectivity index (χ3v) is 10.4. The third-order valence-electron chi connectivity index (χ3n) is 7.90. The number of hydrogen-bond donors (Lipinski definition) is 1. The SMILES string of the molecule is CCc1ccc(N(CC(=O)N(Cc2c(Cl)cccc2Cl)[C@H](Cc2ccccc2)C(=O)N[C@H](C)CC)S(=O)(=O)c2ccccc2)cc1. The van der Waals surface area contributed by atoms with Crippen LogP contribution < -0.4 is 9.62 Å². The minimum Gasteiger partial charge on any atom is -0.352 e. The van der Waals surface area contributed by atoms with Crippen molar-refractivity contribution < 1.29 is 18.0 Å². The largest absolute Gasteiger partial charge is 0.352 e. The van der Waals surface area contributed by atoms with Crippen LogP contribution in [0.5, 0.6) is 0 Å². The summed E-state index contributed by atoms with van der Waals surface area (Å²) in [6.07, 6.45) is 1.64. The predicted octanol–water partition coefficient (Wildman–Crippen LogP) is 7.31. The van der Waals surface area contributed by atoms with Gasteiger partial charge in [-0.15, -0.1) is 0 Å². The van der Waals surface area contributed by atoms with E-state index < -0.39 is 28.5 Å². The standard InChI is InChI=1S/C36H39Cl2N3O4S/c1-4-26(3)39-36(43)34(23-28-13-8-6-9-14-28)40(24-31-32(37)17-12-18-33(31)38)35(42)25-41(29-21-19-27(5-2)20-22-29)46(44,45)30-15-10-7-11-16-30/h6-22,26,34H,4-5,23-25H2,1-3H3,(H,39,43)/t26-,34-/m1/s1. The summed E-state index contributed by atoms with van der Waals surface area (Å²) in [6.45, 7) is 5.18. The zero-order valence-corrected chi connectivity index (χ0v) is 28.5. The van der Waals surface area contributed by atoms with E-state index >= 15 is 0 Å². The smallest absolute Gasteiger partial charge is 0.264 e. The van der Waals surface area contributed by atoms with Gasteiger partial charge in [-0.25, -0.2) is 8.42 Å². The summed E-state index contributed by atoms with van der Waals surface area (Å²) < 4.78 is 29.3. The van der Waals surface area contributed by atoms with Gasteiger partial charge in [0.05, 0.1) is 10.6 Å². The molecule has 0 radical (unpaired) electrons. The molecule has 10 heteroatoms. The molecule has 0 spiro atoms. The summed E-state index contributed by atoms with van der Waals surface area (Å²) in [4.78, 5) is 30.0. The fraction of sp³-hybridized carbons (Fsp3) is 0.278. The quantitative estimate of drug-likeness (QED) is 0.151. The van der Waals surface area contributed by atoms with Gasteiger partial charge >= 0.3 is 0 Å². The van der Waals surface area contributed by atoms with Crippen LogP contribution in [0.15, 0.2) is 108 Å². The van der Waals surface area contributed by atoms with Crippen molar-refractivity contribution in [3.8, 4) is 0 Å². The van der Waals surface area contributed by atoms with Gasteiger partial charge in [0.25, 0.3) is 10.0 Å². The van der Waals surface area contributed by atoms with Crippen LogP contribution in [0.3, 0.4) is 0 Å². The maximum absolute atomic E-state index is 14.6. The lowest BCUT2D eigenvalue weighted by Crippen LogP contribution is -2.54. The Balaban J connectivity index is 1.83. The molecule has 0 saturated heterocycles. The molecule has 4 aromatic rings. The summed E-state index contributed by atoms with van der Waals surface area (Å²) in [5.41, 5.74) is 2.64. The number of nitrogens with one attached hydrogen (secondary N) is 1. The van der Waals surface area contributed by atoms with Crippen molar-refractivity contribution >= 4 is 50.7 Å². The number of anilines is 1. The van der Waals surface area contributed by atoms with Crippen LogP contribution in [0.4, 0.5) is 5.69 Å². The van der Waals surface area contributed by atoms with Crippen LogP contribution in [0, 0.1) is 0 Å². The zero-order valence-electron chi connectivity index (χ0n) is 26.2. The zero-order chi connectivity index (χ0) is 33.3. The van der Waals surface area contributed by atoms with Gasteiger partial charge in [0.1, 0.15) is 12.6 Å². The van der Waals surface area contributed by atoms with Gasteiger partial charge in [-0.05, 0) is 67.3 Å². The van der Waals surface area contributed by atoms with E-state index in [1.54, 1.807) is 48.5 Å². The Morgan fingerprint density at radius 2 is 1.37 bits per heavy atom. The number of halogens is 2. The molecule has 1 N–H and O–H groups in total. The molecule has 2 amide bonds. The van der Waals surface area contributed by atoms with E-state index in [0.29, 0.717) is 27.7 Å². The molecule has 2 atom stereocenters. The van der Waals surface area contributed by atoms with E-state index in [2.05, 4.69) is 5.32 Å². The third kappa shape index (κ3) is 8.69. The van der Waals surface area contributed by atoms with Crippen LogP contribution in [-0.2, 0) is 39.0 Å². The van der Waals surface area contributed by atoms with Gasteiger partial charge in [-0.3, -0.25) is 13.9 Å². The fourth-order valence-corrected chi connectivity index (χ4v) is 6.95. The highest BCUT2D eigenvalue weighted by Crippen LogP contribution is 2.29. The molecular formula is C36H39Cl2N3O4S. The molecule has 0 aromatic heterocycles. The molecular weight excluding hydrogens is 641 g/mol. The van der Waals surface area contributed by atoms with Gasteiger partial charge in [0, 0.05) is 34.6 Å². The van der Waals surface area contributed by atoms with E-state index in [-0.39, 0.29) is 29.8 Å². The fourth-order valence-electron chi connectivity index (χ4n) is 5.00. The molecule has 0 aliphatic carbocycles. The van der Waals surface area contributed by atoms with Crippen LogP contribution in [0.2, 0.25) is 10.0 Å². The number of sulfonamides is 1. The summed E-state index contributed by atoms with van der Waals surface area (Å²) in [7, 11) is -4.19. The molecule has 0 aliphatic rings. The number of carbonyl (C=O) groups is 2. The van der Waals surface area contributed by atoms with Crippen LogP contribution in [0.1, 0.15) is 43.9 Å². The molecule has 0 unspecified atom stereocenters. The van der Waals surface area contributed by atoms with Gasteiger partial charge in [0.15, 0.2) is 0 Å². The maximum Gasteiger partial charge on any atom is 0.264 e. The van der Waals surface area contributed by atoms with Gasteiger partial charge in [-0.2, -0.15) is 0 Å². The summed E-state index contributed by atoms with van der Waals surface area (Å²) >= 11 is 13.2. The van der Waals surface area contributed by atoms with Crippen LogP contribution in [0.25, 0.3) is 0 Å². The van der Waals surface area contributed by atoms with Gasteiger partial charge < -0.3 is 10.2 Å². The minimum atomic E-state index is -4.19. The molecule has 46 heavy (non-hydrogen) atoms. The van der Waals surface area contributed by atoms with Gasteiger partial charge in [0.2, 0.25) is 11.8 Å². The van der Waals surface area contributed by atoms with Gasteiger partial charge in [-0.1, -0.05) is 104 Å². The number of hydrogen-bond acceptors (Lipinski definition) is 4. The molecule has 0 bridgehead atoms. The lowest BCUT2D eigenvalue weighted by Gasteiger charge is -2.34. The first-order chi connectivity index (χ1) is 22.0. The molecule has 7 nitrogen and oxygen atoms in total. The molecule has 4 aromatic carbocycles. The number of aryl methyl sites for hydroxylation is 1. The average Bonchev–Trinajstić information content (AvgIpc) is 3.07. The highest BCUT2D eigenvalue weighted by atomic mass is 35.5. The van der Waals surface area contributed by atoms with Crippen molar-refractivity contribution in [1.82, 2.24) is 10.2 Å². The first-order valence-electron chi connectivity index (χ1n) is 15.3. The van der Waals surface area contributed by atoms with Crippen molar-refractivity contribution in [2.24, 2.45) is 0 Å². The molecule has 0 aliphatic heterocycles. The molecule has 0 saturated carbocycles. The normalized spacial score (nSPS) is 12.6.